The van der Waals surface area contributed by atoms with Crippen molar-refractivity contribution in [2.75, 3.05) is 32.5 Å². The second-order valence-corrected chi connectivity index (χ2v) is 11.6. The Morgan fingerprint density at radius 2 is 1.63 bits per heavy atom. The highest BCUT2D eigenvalue weighted by Crippen LogP contribution is 2.49. The summed E-state index contributed by atoms with van der Waals surface area (Å²) < 4.78 is 16.3. The van der Waals surface area contributed by atoms with E-state index in [1.165, 1.54) is 0 Å². The van der Waals surface area contributed by atoms with E-state index < -0.39 is 16.0 Å². The molecule has 0 amide bonds. The van der Waals surface area contributed by atoms with Gasteiger partial charge in [-0.2, -0.15) is 5.10 Å². The molecule has 0 aliphatic carbocycles. The zero-order valence-corrected chi connectivity index (χ0v) is 18.8. The molecule has 0 spiro atoms. The zero-order chi connectivity index (χ0) is 21.7. The zero-order valence-electron chi connectivity index (χ0n) is 18.0. The second-order valence-electron chi connectivity index (χ2n) is 7.50. The molecule has 0 aliphatic heterocycles. The molecule has 3 rings (SSSR count). The molecular formula is C23H28N2O4S. The molecular weight excluding hydrogens is 400 g/mol. The van der Waals surface area contributed by atoms with Gasteiger partial charge in [-0.3, -0.25) is 5.10 Å². The molecule has 0 radical (unpaired) electrons. The van der Waals surface area contributed by atoms with Crippen LogP contribution in [0.15, 0.2) is 53.6 Å². The molecule has 7 heteroatoms. The van der Waals surface area contributed by atoms with E-state index in [9.17, 15) is 4.79 Å². The van der Waals surface area contributed by atoms with Crippen LogP contribution < -0.4 is 9.47 Å². The van der Waals surface area contributed by atoms with Crippen LogP contribution in [0.25, 0.3) is 11.1 Å². The molecule has 3 aromatic rings. The molecule has 0 bridgehead atoms. The van der Waals surface area contributed by atoms with Gasteiger partial charge in [0, 0.05) is 5.56 Å². The van der Waals surface area contributed by atoms with Crippen molar-refractivity contribution in [3.63, 3.8) is 0 Å². The van der Waals surface area contributed by atoms with Crippen LogP contribution in [-0.4, -0.2) is 48.7 Å². The van der Waals surface area contributed by atoms with Gasteiger partial charge in [-0.15, -0.1) is 0 Å². The first-order valence-electron chi connectivity index (χ1n) is 9.63. The number of H-pyrrole nitrogens is 1. The molecule has 0 unspecified atom stereocenters. The Morgan fingerprint density at radius 1 is 1.00 bits per heavy atom. The smallest absolute Gasteiger partial charge is 0.359 e. The summed E-state index contributed by atoms with van der Waals surface area (Å²) in [5, 5.41) is 8.31. The monoisotopic (exact) mass is 428 g/mol. The lowest BCUT2D eigenvalue weighted by Gasteiger charge is -2.25. The van der Waals surface area contributed by atoms with Crippen LogP contribution in [0.4, 0.5) is 0 Å². The van der Waals surface area contributed by atoms with Crippen LogP contribution >= 0.6 is 10.0 Å². The van der Waals surface area contributed by atoms with Gasteiger partial charge in [-0.1, -0.05) is 24.3 Å². The minimum Gasteiger partial charge on any atom is -0.497 e. The van der Waals surface area contributed by atoms with Gasteiger partial charge in [0.1, 0.15) is 18.1 Å². The molecule has 160 valence electrons. The van der Waals surface area contributed by atoms with Gasteiger partial charge in [0.2, 0.25) is 0 Å². The highest BCUT2D eigenvalue weighted by molar-refractivity contribution is 8.32. The van der Waals surface area contributed by atoms with Crippen molar-refractivity contribution < 1.29 is 19.0 Å². The maximum Gasteiger partial charge on any atom is 0.359 e. The van der Waals surface area contributed by atoms with E-state index >= 15 is 0 Å². The summed E-state index contributed by atoms with van der Waals surface area (Å²) in [6.45, 7) is 2.55. The van der Waals surface area contributed by atoms with E-state index in [0.717, 1.165) is 33.2 Å². The van der Waals surface area contributed by atoms with Gasteiger partial charge in [0.05, 0.1) is 18.7 Å². The Hall–Kier alpha value is -2.93. The molecule has 0 saturated heterocycles. The number of ether oxygens (including phenoxy) is 3. The molecule has 0 atom stereocenters. The number of aromatic nitrogens is 2. The quantitative estimate of drug-likeness (QED) is 0.517. The number of esters is 1. The third kappa shape index (κ3) is 4.97. The first-order chi connectivity index (χ1) is 14.3. The molecule has 30 heavy (non-hydrogen) atoms. The average molecular weight is 429 g/mol. The predicted molar refractivity (Wildman–Crippen MR) is 121 cm³/mol. The number of nitrogens with one attached hydrogen (secondary N) is 1. The van der Waals surface area contributed by atoms with E-state index in [4.69, 9.17) is 14.2 Å². The lowest BCUT2D eigenvalue weighted by molar-refractivity contribution is 0.0520. The van der Waals surface area contributed by atoms with Crippen molar-refractivity contribution in [3.8, 4) is 22.6 Å². The Morgan fingerprint density at radius 3 is 2.20 bits per heavy atom. The molecule has 0 fully saturated rings. The van der Waals surface area contributed by atoms with E-state index in [2.05, 4.69) is 29.0 Å². The van der Waals surface area contributed by atoms with Crippen LogP contribution in [0.5, 0.6) is 11.5 Å². The van der Waals surface area contributed by atoms with Crippen LogP contribution in [0.2, 0.25) is 0 Å². The average Bonchev–Trinajstić information content (AvgIpc) is 3.19. The summed E-state index contributed by atoms with van der Waals surface area (Å²) in [5.74, 6) is 1.15. The summed E-state index contributed by atoms with van der Waals surface area (Å²) in [6.07, 6.45) is 6.47. The van der Waals surface area contributed by atoms with Crippen molar-refractivity contribution in [3.05, 3.63) is 59.8 Å². The van der Waals surface area contributed by atoms with Gasteiger partial charge >= 0.3 is 5.97 Å². The van der Waals surface area contributed by atoms with Crippen molar-refractivity contribution in [2.24, 2.45) is 0 Å². The molecule has 1 N–H and O–H groups in total. The fraction of sp³-hybridized carbons (Fsp3) is 0.304. The number of aromatic amines is 1. The number of methoxy groups -OCH3 is 1. The number of hydrogen-bond acceptors (Lipinski definition) is 5. The summed E-state index contributed by atoms with van der Waals surface area (Å²) in [7, 11) is 0.507. The highest BCUT2D eigenvalue weighted by atomic mass is 32.3. The first kappa shape index (κ1) is 21.8. The van der Waals surface area contributed by atoms with E-state index in [1.54, 1.807) is 14.0 Å². The van der Waals surface area contributed by atoms with Crippen molar-refractivity contribution in [2.45, 2.75) is 18.6 Å². The first-order valence-corrected chi connectivity index (χ1v) is 12.5. The van der Waals surface area contributed by atoms with Gasteiger partial charge in [0.15, 0.2) is 5.69 Å². The van der Waals surface area contributed by atoms with Crippen LogP contribution in [0.3, 0.4) is 0 Å². The van der Waals surface area contributed by atoms with Crippen molar-refractivity contribution in [1.29, 1.82) is 0 Å². The number of rotatable bonds is 8. The fourth-order valence-corrected chi connectivity index (χ4v) is 4.14. The van der Waals surface area contributed by atoms with Crippen molar-refractivity contribution in [1.82, 2.24) is 10.2 Å². The molecule has 1 heterocycles. The molecule has 0 aliphatic rings. The minimum absolute atomic E-state index is 0.307. The SMILES string of the molecule is CCOC(=O)c1n[nH]c(S(C)(C)C)c1-c1ccc(OCc2ccc(OC)cc2)cc1. The normalized spacial score (nSPS) is 11.8. The predicted octanol–water partition coefficient (Wildman–Crippen LogP) is 4.89. The molecule has 0 saturated carbocycles. The maximum absolute atomic E-state index is 12.4. The number of carbonyl (C=O) groups excluding carboxylic acids is 1. The summed E-state index contributed by atoms with van der Waals surface area (Å²) in [6, 6.07) is 15.5. The van der Waals surface area contributed by atoms with Gasteiger partial charge < -0.3 is 14.2 Å². The Kier molecular flexibility index (Phi) is 6.72. The van der Waals surface area contributed by atoms with E-state index in [-0.39, 0.29) is 0 Å². The minimum atomic E-state index is -1.14. The van der Waals surface area contributed by atoms with Crippen molar-refractivity contribution >= 4 is 16.0 Å². The topological polar surface area (TPSA) is 73.4 Å². The third-order valence-corrected chi connectivity index (χ3v) is 6.04. The van der Waals surface area contributed by atoms with E-state index in [0.29, 0.717) is 18.9 Å². The van der Waals surface area contributed by atoms with E-state index in [1.807, 2.05) is 48.5 Å². The lowest BCUT2D eigenvalue weighted by Crippen LogP contribution is -2.07. The number of hydrogen-bond donors (Lipinski definition) is 1. The summed E-state index contributed by atoms with van der Waals surface area (Å²) in [4.78, 5) is 12.4. The van der Waals surface area contributed by atoms with Crippen LogP contribution in [0.1, 0.15) is 23.0 Å². The largest absolute Gasteiger partial charge is 0.497 e. The lowest BCUT2D eigenvalue weighted by atomic mass is 10.1. The van der Waals surface area contributed by atoms with Crippen LogP contribution in [0, 0.1) is 0 Å². The highest BCUT2D eigenvalue weighted by Gasteiger charge is 2.26. The summed E-state index contributed by atoms with van der Waals surface area (Å²) >= 11 is 0. The standard InChI is InChI=1S/C23H28N2O4S/c1-6-28-23(26)21-20(22(25-24-21)30(3,4)5)17-9-13-19(14-10-17)29-15-16-7-11-18(27-2)12-8-16/h7-14H,6,15H2,1-5H3,(H,24,25). The third-order valence-electron chi connectivity index (χ3n) is 4.52. The Bertz CT molecular complexity index is 990. The number of carbonyl (C=O) groups is 1. The van der Waals surface area contributed by atoms with Gasteiger partial charge in [0.25, 0.3) is 0 Å². The Balaban J connectivity index is 1.82. The molecule has 1 aromatic heterocycles. The number of nitrogens with zero attached hydrogens (tertiary/aromatic N) is 1. The number of benzene rings is 2. The summed E-state index contributed by atoms with van der Waals surface area (Å²) in [5.41, 5.74) is 3.08. The Labute approximate surface area is 178 Å². The van der Waals surface area contributed by atoms with Gasteiger partial charge in [-0.25, -0.2) is 14.8 Å². The maximum atomic E-state index is 12.4. The second kappa shape index (κ2) is 9.26. The van der Waals surface area contributed by atoms with Gasteiger partial charge in [-0.05, 0) is 61.1 Å². The fourth-order valence-electron chi connectivity index (χ4n) is 2.99. The molecule has 6 nitrogen and oxygen atoms in total. The molecule has 2 aromatic carbocycles. The van der Waals surface area contributed by atoms with Crippen LogP contribution in [-0.2, 0) is 11.3 Å².